The smallest absolute Gasteiger partial charge is 0.124 e. The third-order valence-electron chi connectivity index (χ3n) is 1.93. The Bertz CT molecular complexity index is 516. The second-order valence-corrected chi connectivity index (χ2v) is 5.18. The molecule has 2 aromatic rings. The zero-order valence-corrected chi connectivity index (χ0v) is 10.8. The van der Waals surface area contributed by atoms with E-state index in [2.05, 4.69) is 20.9 Å². The van der Waals surface area contributed by atoms with Gasteiger partial charge in [-0.05, 0) is 40.2 Å². The van der Waals surface area contributed by atoms with E-state index < -0.39 is 0 Å². The van der Waals surface area contributed by atoms with Crippen LogP contribution in [0.5, 0.6) is 0 Å². The Labute approximate surface area is 106 Å². The summed E-state index contributed by atoms with van der Waals surface area (Å²) in [5.74, 6) is 0.509. The highest BCUT2D eigenvalue weighted by atomic mass is 79.9. The second-order valence-electron chi connectivity index (χ2n) is 3.21. The number of halogens is 1. The number of aromatic nitrogens is 1. The molecule has 0 aliphatic rings. The van der Waals surface area contributed by atoms with Gasteiger partial charge in [0.05, 0.1) is 0 Å². The first-order valence-electron chi connectivity index (χ1n) is 4.59. The van der Waals surface area contributed by atoms with Crippen LogP contribution in [-0.4, -0.2) is 4.98 Å². The topological polar surface area (TPSA) is 64.9 Å². The lowest BCUT2D eigenvalue weighted by Crippen LogP contribution is -1.90. The van der Waals surface area contributed by atoms with Crippen LogP contribution in [0.3, 0.4) is 0 Å². The fourth-order valence-electron chi connectivity index (χ4n) is 1.22. The molecule has 82 valence electrons. The van der Waals surface area contributed by atoms with Gasteiger partial charge in [-0.2, -0.15) is 0 Å². The maximum atomic E-state index is 5.72. The van der Waals surface area contributed by atoms with Crippen molar-refractivity contribution in [2.24, 2.45) is 0 Å². The lowest BCUT2D eigenvalue weighted by atomic mass is 10.3. The van der Waals surface area contributed by atoms with Crippen molar-refractivity contribution < 1.29 is 0 Å². The van der Waals surface area contributed by atoms with E-state index in [1.165, 1.54) is 0 Å². The number of nitrogens with zero attached hydrogens (tertiary/aromatic N) is 1. The summed E-state index contributed by atoms with van der Waals surface area (Å²) in [5, 5.41) is 0. The van der Waals surface area contributed by atoms with Crippen LogP contribution in [0.1, 0.15) is 0 Å². The van der Waals surface area contributed by atoms with E-state index in [9.17, 15) is 0 Å². The second kappa shape index (κ2) is 4.76. The summed E-state index contributed by atoms with van der Waals surface area (Å²) in [4.78, 5) is 6.09. The Hall–Kier alpha value is -1.20. The van der Waals surface area contributed by atoms with Gasteiger partial charge in [-0.3, -0.25) is 0 Å². The Morgan fingerprint density at radius 2 is 2.00 bits per heavy atom. The maximum Gasteiger partial charge on any atom is 0.124 e. The summed E-state index contributed by atoms with van der Waals surface area (Å²) in [5.41, 5.74) is 12.1. The van der Waals surface area contributed by atoms with Crippen molar-refractivity contribution in [3.8, 4) is 0 Å². The van der Waals surface area contributed by atoms with Crippen molar-refractivity contribution in [3.05, 3.63) is 41.0 Å². The zero-order chi connectivity index (χ0) is 11.5. The molecule has 1 aromatic heterocycles. The van der Waals surface area contributed by atoms with Crippen LogP contribution >= 0.6 is 27.7 Å². The Balaban J connectivity index is 2.30. The number of benzene rings is 1. The molecule has 0 aliphatic heterocycles. The molecule has 0 bridgehead atoms. The molecule has 3 nitrogen and oxygen atoms in total. The van der Waals surface area contributed by atoms with Gasteiger partial charge in [-0.25, -0.2) is 4.98 Å². The average Bonchev–Trinajstić information content (AvgIpc) is 2.24. The van der Waals surface area contributed by atoms with E-state index in [1.807, 2.05) is 30.3 Å². The fourth-order valence-corrected chi connectivity index (χ4v) is 2.60. The molecular weight excluding hydrogens is 286 g/mol. The van der Waals surface area contributed by atoms with Crippen LogP contribution in [0.25, 0.3) is 0 Å². The van der Waals surface area contributed by atoms with Crippen LogP contribution < -0.4 is 11.5 Å². The normalized spacial score (nSPS) is 10.3. The lowest BCUT2D eigenvalue weighted by Gasteiger charge is -2.05. The van der Waals surface area contributed by atoms with Crippen LogP contribution in [0.4, 0.5) is 11.5 Å². The molecule has 0 fully saturated rings. The minimum absolute atomic E-state index is 0.509. The molecule has 0 spiro atoms. The molecular formula is C11H10BrN3S. The van der Waals surface area contributed by atoms with Gasteiger partial charge in [0.25, 0.3) is 0 Å². The van der Waals surface area contributed by atoms with Crippen molar-refractivity contribution in [2.75, 3.05) is 11.5 Å². The average molecular weight is 296 g/mol. The van der Waals surface area contributed by atoms with Crippen molar-refractivity contribution in [1.82, 2.24) is 4.98 Å². The summed E-state index contributed by atoms with van der Waals surface area (Å²) in [7, 11) is 0. The Kier molecular flexibility index (Phi) is 3.36. The monoisotopic (exact) mass is 295 g/mol. The molecule has 4 N–H and O–H groups in total. The van der Waals surface area contributed by atoms with E-state index in [1.54, 1.807) is 18.0 Å². The van der Waals surface area contributed by atoms with Gasteiger partial charge in [0.15, 0.2) is 0 Å². The number of nitrogens with two attached hydrogens (primary N) is 2. The van der Waals surface area contributed by atoms with Gasteiger partial charge in [0.1, 0.15) is 5.82 Å². The van der Waals surface area contributed by atoms with Crippen LogP contribution in [-0.2, 0) is 0 Å². The first-order valence-corrected chi connectivity index (χ1v) is 6.20. The van der Waals surface area contributed by atoms with Crippen molar-refractivity contribution in [3.63, 3.8) is 0 Å². The first kappa shape index (κ1) is 11.3. The molecule has 0 amide bonds. The third kappa shape index (κ3) is 2.68. The Morgan fingerprint density at radius 1 is 1.19 bits per heavy atom. The molecule has 0 radical (unpaired) electrons. The minimum Gasteiger partial charge on any atom is -0.399 e. The van der Waals surface area contributed by atoms with E-state index in [0.717, 1.165) is 20.0 Å². The fraction of sp³-hybridized carbons (Fsp3) is 0. The molecule has 0 saturated carbocycles. The number of anilines is 2. The summed E-state index contributed by atoms with van der Waals surface area (Å²) in [6.07, 6.45) is 1.70. The summed E-state index contributed by atoms with van der Waals surface area (Å²) >= 11 is 5.03. The van der Waals surface area contributed by atoms with Gasteiger partial charge in [-0.1, -0.05) is 17.8 Å². The number of pyridine rings is 1. The highest BCUT2D eigenvalue weighted by molar-refractivity contribution is 9.10. The van der Waals surface area contributed by atoms with Gasteiger partial charge in [0.2, 0.25) is 0 Å². The molecule has 16 heavy (non-hydrogen) atoms. The van der Waals surface area contributed by atoms with Crippen molar-refractivity contribution in [1.29, 1.82) is 0 Å². The quantitative estimate of drug-likeness (QED) is 0.835. The van der Waals surface area contributed by atoms with Gasteiger partial charge >= 0.3 is 0 Å². The standard InChI is InChI=1S/C11H10BrN3S/c12-9-6-15-11(14)5-10(9)16-8-3-1-2-7(13)4-8/h1-6H,13H2,(H2,14,15). The summed E-state index contributed by atoms with van der Waals surface area (Å²) < 4.78 is 0.925. The van der Waals surface area contributed by atoms with Crippen LogP contribution in [0, 0.1) is 0 Å². The third-order valence-corrected chi connectivity index (χ3v) is 3.87. The van der Waals surface area contributed by atoms with Crippen LogP contribution in [0.2, 0.25) is 0 Å². The molecule has 0 unspecified atom stereocenters. The highest BCUT2D eigenvalue weighted by Crippen LogP contribution is 2.34. The van der Waals surface area contributed by atoms with Gasteiger partial charge in [0, 0.05) is 26.1 Å². The zero-order valence-electron chi connectivity index (χ0n) is 8.35. The number of hydrogen-bond acceptors (Lipinski definition) is 4. The number of nitrogen functional groups attached to an aromatic ring is 2. The molecule has 0 aliphatic carbocycles. The van der Waals surface area contributed by atoms with E-state index in [4.69, 9.17) is 11.5 Å². The molecule has 1 aromatic carbocycles. The summed E-state index contributed by atoms with van der Waals surface area (Å²) in [6.45, 7) is 0. The maximum absolute atomic E-state index is 5.72. The summed E-state index contributed by atoms with van der Waals surface area (Å²) in [6, 6.07) is 9.55. The number of rotatable bonds is 2. The van der Waals surface area contributed by atoms with E-state index in [-0.39, 0.29) is 0 Å². The molecule has 1 heterocycles. The predicted octanol–water partition coefficient (Wildman–Crippen LogP) is 3.16. The van der Waals surface area contributed by atoms with Gasteiger partial charge in [-0.15, -0.1) is 0 Å². The van der Waals surface area contributed by atoms with Gasteiger partial charge < -0.3 is 11.5 Å². The molecule has 0 atom stereocenters. The first-order chi connectivity index (χ1) is 7.65. The SMILES string of the molecule is Nc1cccc(Sc2cc(N)ncc2Br)c1. The van der Waals surface area contributed by atoms with E-state index >= 15 is 0 Å². The van der Waals surface area contributed by atoms with Crippen LogP contribution in [0.15, 0.2) is 50.8 Å². The minimum atomic E-state index is 0.509. The van der Waals surface area contributed by atoms with Crippen molar-refractivity contribution >= 4 is 39.2 Å². The number of hydrogen-bond donors (Lipinski definition) is 2. The lowest BCUT2D eigenvalue weighted by molar-refractivity contribution is 1.24. The highest BCUT2D eigenvalue weighted by Gasteiger charge is 2.04. The predicted molar refractivity (Wildman–Crippen MR) is 71.3 cm³/mol. The molecule has 0 saturated heterocycles. The van der Waals surface area contributed by atoms with Crippen molar-refractivity contribution in [2.45, 2.75) is 9.79 Å². The molecule has 2 rings (SSSR count). The molecule has 5 heteroatoms. The van der Waals surface area contributed by atoms with E-state index in [0.29, 0.717) is 5.82 Å². The largest absolute Gasteiger partial charge is 0.399 e. The Morgan fingerprint density at radius 3 is 2.75 bits per heavy atom.